The minimum Gasteiger partial charge on any atom is -0.356 e. The monoisotopic (exact) mass is 306 g/mol. The van der Waals surface area contributed by atoms with Crippen molar-refractivity contribution in [2.45, 2.75) is 64.3 Å². The van der Waals surface area contributed by atoms with Crippen molar-refractivity contribution in [1.29, 1.82) is 0 Å². The fourth-order valence-corrected chi connectivity index (χ4v) is 4.32. The van der Waals surface area contributed by atoms with Gasteiger partial charge < -0.3 is 15.5 Å². The van der Waals surface area contributed by atoms with Gasteiger partial charge in [-0.15, -0.1) is 0 Å². The van der Waals surface area contributed by atoms with Crippen molar-refractivity contribution < 1.29 is 0 Å². The maximum Gasteiger partial charge on any atom is 0.191 e. The summed E-state index contributed by atoms with van der Waals surface area (Å²) >= 11 is 0. The first-order chi connectivity index (χ1) is 10.8. The molecule has 0 unspecified atom stereocenters. The van der Waals surface area contributed by atoms with Gasteiger partial charge in [-0.2, -0.15) is 0 Å². The van der Waals surface area contributed by atoms with Crippen LogP contribution < -0.4 is 10.6 Å². The summed E-state index contributed by atoms with van der Waals surface area (Å²) in [5.41, 5.74) is 0.613. The molecular weight excluding hydrogens is 272 g/mol. The molecule has 4 heteroatoms. The van der Waals surface area contributed by atoms with Crippen molar-refractivity contribution >= 4 is 5.96 Å². The average Bonchev–Trinajstić information content (AvgIpc) is 3.32. The molecule has 0 amide bonds. The van der Waals surface area contributed by atoms with Crippen molar-refractivity contribution in [3.05, 3.63) is 0 Å². The highest BCUT2D eigenvalue weighted by atomic mass is 15.2. The quantitative estimate of drug-likeness (QED) is 0.585. The first-order valence-corrected chi connectivity index (χ1v) is 9.45. The van der Waals surface area contributed by atoms with Crippen LogP contribution in [0.2, 0.25) is 0 Å². The third-order valence-corrected chi connectivity index (χ3v) is 6.09. The molecule has 1 heterocycles. The van der Waals surface area contributed by atoms with E-state index in [0.29, 0.717) is 11.5 Å². The van der Waals surface area contributed by atoms with Gasteiger partial charge in [-0.3, -0.25) is 4.99 Å². The number of likely N-dealkylation sites (tertiary alicyclic amines) is 1. The van der Waals surface area contributed by atoms with Crippen LogP contribution in [-0.2, 0) is 0 Å². The maximum absolute atomic E-state index is 4.46. The summed E-state index contributed by atoms with van der Waals surface area (Å²) in [5, 5.41) is 7.30. The van der Waals surface area contributed by atoms with Crippen molar-refractivity contribution in [1.82, 2.24) is 15.5 Å². The molecule has 0 radical (unpaired) electrons. The Morgan fingerprint density at radius 2 is 1.91 bits per heavy atom. The number of rotatable bonds is 6. The second kappa shape index (κ2) is 7.20. The SMILES string of the molecule is CCCN1CCC(NC(=NC)NCC2(C3CC3)CCC2)CC1. The lowest BCUT2D eigenvalue weighted by atomic mass is 9.65. The molecule has 3 rings (SSSR count). The van der Waals surface area contributed by atoms with Crippen LogP contribution in [0.3, 0.4) is 0 Å². The Morgan fingerprint density at radius 1 is 1.18 bits per heavy atom. The van der Waals surface area contributed by atoms with Gasteiger partial charge in [0, 0.05) is 32.7 Å². The predicted molar refractivity (Wildman–Crippen MR) is 93.3 cm³/mol. The van der Waals surface area contributed by atoms with Crippen molar-refractivity contribution in [2.75, 3.05) is 33.2 Å². The molecule has 22 heavy (non-hydrogen) atoms. The summed E-state index contributed by atoms with van der Waals surface area (Å²) in [7, 11) is 1.91. The number of nitrogens with one attached hydrogen (secondary N) is 2. The Kier molecular flexibility index (Phi) is 5.27. The van der Waals surface area contributed by atoms with Crippen molar-refractivity contribution in [3.63, 3.8) is 0 Å². The van der Waals surface area contributed by atoms with Gasteiger partial charge in [0.2, 0.25) is 0 Å². The Morgan fingerprint density at radius 3 is 2.41 bits per heavy atom. The van der Waals surface area contributed by atoms with Gasteiger partial charge in [0.25, 0.3) is 0 Å². The molecule has 0 spiro atoms. The molecule has 0 atom stereocenters. The maximum atomic E-state index is 4.46. The Hall–Kier alpha value is -0.770. The van der Waals surface area contributed by atoms with E-state index in [2.05, 4.69) is 27.4 Å². The number of guanidine groups is 1. The minimum absolute atomic E-state index is 0.595. The topological polar surface area (TPSA) is 39.7 Å². The number of aliphatic imine (C=N–C) groups is 1. The highest BCUT2D eigenvalue weighted by molar-refractivity contribution is 5.80. The van der Waals surface area contributed by atoms with E-state index in [1.165, 1.54) is 71.0 Å². The van der Waals surface area contributed by atoms with E-state index < -0.39 is 0 Å². The highest BCUT2D eigenvalue weighted by Crippen LogP contribution is 2.56. The lowest BCUT2D eigenvalue weighted by Gasteiger charge is -2.43. The Balaban J connectivity index is 1.41. The Bertz CT molecular complexity index is 377. The van der Waals surface area contributed by atoms with Gasteiger partial charge in [0.05, 0.1) is 0 Å². The molecule has 2 aliphatic carbocycles. The molecule has 2 saturated carbocycles. The van der Waals surface area contributed by atoms with E-state index in [-0.39, 0.29) is 0 Å². The number of hydrogen-bond donors (Lipinski definition) is 2. The van der Waals surface area contributed by atoms with Crippen LogP contribution in [-0.4, -0.2) is 50.1 Å². The molecule has 2 N–H and O–H groups in total. The zero-order valence-electron chi connectivity index (χ0n) is 14.5. The Labute approximate surface area is 136 Å². The first kappa shape index (κ1) is 16.1. The third kappa shape index (κ3) is 3.76. The van der Waals surface area contributed by atoms with Gasteiger partial charge in [-0.1, -0.05) is 13.3 Å². The molecular formula is C18H34N4. The number of hydrogen-bond acceptors (Lipinski definition) is 2. The molecule has 3 fully saturated rings. The second-order valence-electron chi connectivity index (χ2n) is 7.68. The largest absolute Gasteiger partial charge is 0.356 e. The number of nitrogens with zero attached hydrogens (tertiary/aromatic N) is 2. The van der Waals surface area contributed by atoms with E-state index in [1.54, 1.807) is 0 Å². The van der Waals surface area contributed by atoms with Crippen LogP contribution in [0.5, 0.6) is 0 Å². The minimum atomic E-state index is 0.595. The fraction of sp³-hybridized carbons (Fsp3) is 0.944. The van der Waals surface area contributed by atoms with E-state index in [9.17, 15) is 0 Å². The summed E-state index contributed by atoms with van der Waals surface area (Å²) in [6.07, 6.45) is 11.0. The van der Waals surface area contributed by atoms with Crippen LogP contribution in [0.4, 0.5) is 0 Å². The third-order valence-electron chi connectivity index (χ3n) is 6.09. The van der Waals surface area contributed by atoms with Crippen LogP contribution in [0.15, 0.2) is 4.99 Å². The lowest BCUT2D eigenvalue weighted by molar-refractivity contribution is 0.105. The first-order valence-electron chi connectivity index (χ1n) is 9.45. The van der Waals surface area contributed by atoms with Gasteiger partial charge in [0.15, 0.2) is 5.96 Å². The standard InChI is InChI=1S/C18H34N4/c1-3-11-22-12-7-16(8-13-22)21-17(19-2)20-14-18(9-4-10-18)15-5-6-15/h15-16H,3-14H2,1-2H3,(H2,19,20,21). The average molecular weight is 306 g/mol. The normalized spacial score (nSPS) is 26.5. The predicted octanol–water partition coefficient (Wildman–Crippen LogP) is 2.61. The molecule has 3 aliphatic rings. The smallest absolute Gasteiger partial charge is 0.191 e. The molecule has 126 valence electrons. The van der Waals surface area contributed by atoms with Gasteiger partial charge in [-0.05, 0) is 62.8 Å². The zero-order chi connectivity index (χ0) is 15.4. The van der Waals surface area contributed by atoms with Gasteiger partial charge >= 0.3 is 0 Å². The van der Waals surface area contributed by atoms with E-state index in [1.807, 2.05) is 7.05 Å². The van der Waals surface area contributed by atoms with Crippen molar-refractivity contribution in [2.24, 2.45) is 16.3 Å². The number of piperidine rings is 1. The summed E-state index contributed by atoms with van der Waals surface area (Å²) in [6.45, 7) is 7.12. The lowest BCUT2D eigenvalue weighted by Crippen LogP contribution is -2.52. The zero-order valence-corrected chi connectivity index (χ0v) is 14.5. The van der Waals surface area contributed by atoms with Gasteiger partial charge in [0.1, 0.15) is 0 Å². The van der Waals surface area contributed by atoms with E-state index in [0.717, 1.165) is 18.4 Å². The van der Waals surface area contributed by atoms with Crippen LogP contribution in [0, 0.1) is 11.3 Å². The van der Waals surface area contributed by atoms with Crippen LogP contribution in [0.25, 0.3) is 0 Å². The molecule has 0 aromatic rings. The summed E-state index contributed by atoms with van der Waals surface area (Å²) in [5.74, 6) is 2.03. The molecule has 1 saturated heterocycles. The molecule has 1 aliphatic heterocycles. The van der Waals surface area contributed by atoms with Crippen LogP contribution in [0.1, 0.15) is 58.3 Å². The van der Waals surface area contributed by atoms with Crippen LogP contribution >= 0.6 is 0 Å². The summed E-state index contributed by atoms with van der Waals surface area (Å²) in [4.78, 5) is 7.05. The highest BCUT2D eigenvalue weighted by Gasteiger charge is 2.48. The molecule has 0 aromatic heterocycles. The summed E-state index contributed by atoms with van der Waals surface area (Å²) in [6, 6.07) is 0.595. The fourth-order valence-electron chi connectivity index (χ4n) is 4.32. The molecule has 0 bridgehead atoms. The molecule has 4 nitrogen and oxygen atoms in total. The molecule has 0 aromatic carbocycles. The van der Waals surface area contributed by atoms with Crippen molar-refractivity contribution in [3.8, 4) is 0 Å². The second-order valence-corrected chi connectivity index (χ2v) is 7.68. The van der Waals surface area contributed by atoms with E-state index in [4.69, 9.17) is 0 Å². The summed E-state index contributed by atoms with van der Waals surface area (Å²) < 4.78 is 0. The van der Waals surface area contributed by atoms with Gasteiger partial charge in [-0.25, -0.2) is 0 Å². The van der Waals surface area contributed by atoms with E-state index >= 15 is 0 Å².